The average molecular weight is 414 g/mol. The molecule has 0 spiro atoms. The van der Waals surface area contributed by atoms with Gasteiger partial charge in [-0.05, 0) is 68.3 Å². The third-order valence-electron chi connectivity index (χ3n) is 5.75. The molecule has 1 aromatic heterocycles. The molecule has 158 valence electrons. The molecule has 6 heteroatoms. The summed E-state index contributed by atoms with van der Waals surface area (Å²) in [7, 11) is 0. The molecule has 0 bridgehead atoms. The molecule has 1 fully saturated rings. The number of anilines is 1. The normalized spacial score (nSPS) is 14.2. The van der Waals surface area contributed by atoms with Crippen LogP contribution in [0.3, 0.4) is 0 Å². The highest BCUT2D eigenvalue weighted by Crippen LogP contribution is 2.19. The van der Waals surface area contributed by atoms with Gasteiger partial charge in [0.15, 0.2) is 0 Å². The van der Waals surface area contributed by atoms with Crippen molar-refractivity contribution < 1.29 is 4.79 Å². The molecular formula is C25H27N5O. The maximum absolute atomic E-state index is 13.2. The molecule has 0 aliphatic carbocycles. The Morgan fingerprint density at radius 1 is 1.03 bits per heavy atom. The van der Waals surface area contributed by atoms with Crippen molar-refractivity contribution in [2.45, 2.75) is 26.8 Å². The van der Waals surface area contributed by atoms with E-state index < -0.39 is 0 Å². The van der Waals surface area contributed by atoms with Crippen LogP contribution in [0.1, 0.15) is 39.3 Å². The average Bonchev–Trinajstić information content (AvgIpc) is 2.96. The van der Waals surface area contributed by atoms with Gasteiger partial charge in [-0.15, -0.1) is 0 Å². The number of nitriles is 1. The summed E-state index contributed by atoms with van der Waals surface area (Å²) in [6.07, 6.45) is 0.914. The first kappa shape index (κ1) is 20.7. The van der Waals surface area contributed by atoms with Crippen LogP contribution in [0.2, 0.25) is 0 Å². The number of hydrogen-bond donors (Lipinski definition) is 0. The second-order valence-electron chi connectivity index (χ2n) is 8.08. The summed E-state index contributed by atoms with van der Waals surface area (Å²) in [5, 5.41) is 13.5. The van der Waals surface area contributed by atoms with Crippen molar-refractivity contribution in [1.82, 2.24) is 14.7 Å². The Morgan fingerprint density at radius 2 is 1.84 bits per heavy atom. The number of rotatable bonds is 4. The van der Waals surface area contributed by atoms with Crippen LogP contribution in [-0.4, -0.2) is 46.8 Å². The highest BCUT2D eigenvalue weighted by Gasteiger charge is 2.21. The highest BCUT2D eigenvalue weighted by atomic mass is 16.2. The lowest BCUT2D eigenvalue weighted by molar-refractivity contribution is 0.0767. The standard InChI is InChI=1S/C25H27N5O/c1-19-15-20(2)30(27-19)18-22-5-3-6-23(16-22)25(31)29-12-4-11-28(13-14-29)24-9-7-21(17-26)8-10-24/h3,5-10,15-16H,4,11-14,18H2,1-2H3. The second-order valence-corrected chi connectivity index (χ2v) is 8.08. The molecule has 3 aromatic rings. The largest absolute Gasteiger partial charge is 0.370 e. The van der Waals surface area contributed by atoms with Crippen molar-refractivity contribution in [3.05, 3.63) is 82.7 Å². The van der Waals surface area contributed by atoms with E-state index in [0.717, 1.165) is 54.3 Å². The van der Waals surface area contributed by atoms with E-state index in [1.165, 1.54) is 0 Å². The first-order valence-electron chi connectivity index (χ1n) is 10.7. The third kappa shape index (κ3) is 4.77. The molecule has 1 aliphatic rings. The molecule has 0 radical (unpaired) electrons. The number of amides is 1. The van der Waals surface area contributed by atoms with Crippen molar-refractivity contribution in [2.75, 3.05) is 31.1 Å². The summed E-state index contributed by atoms with van der Waals surface area (Å²) in [5.41, 5.74) is 5.68. The molecule has 0 saturated carbocycles. The molecule has 0 atom stereocenters. The van der Waals surface area contributed by atoms with Gasteiger partial charge < -0.3 is 9.80 Å². The Kier molecular flexibility index (Phi) is 6.03. The molecule has 31 heavy (non-hydrogen) atoms. The SMILES string of the molecule is Cc1cc(C)n(Cc2cccc(C(=O)N3CCCN(c4ccc(C#N)cc4)CC3)c2)n1. The molecule has 2 aromatic carbocycles. The number of carbonyl (C=O) groups is 1. The second kappa shape index (κ2) is 9.05. The molecule has 6 nitrogen and oxygen atoms in total. The number of aryl methyl sites for hydroxylation is 2. The predicted octanol–water partition coefficient (Wildman–Crippen LogP) is 3.77. The third-order valence-corrected chi connectivity index (χ3v) is 5.75. The van der Waals surface area contributed by atoms with Crippen molar-refractivity contribution in [2.24, 2.45) is 0 Å². The molecule has 1 amide bonds. The number of nitrogens with zero attached hydrogens (tertiary/aromatic N) is 5. The lowest BCUT2D eigenvalue weighted by Gasteiger charge is -2.24. The van der Waals surface area contributed by atoms with Crippen LogP contribution in [0.5, 0.6) is 0 Å². The van der Waals surface area contributed by atoms with Crippen LogP contribution < -0.4 is 4.90 Å². The summed E-state index contributed by atoms with van der Waals surface area (Å²) < 4.78 is 1.97. The van der Waals surface area contributed by atoms with Gasteiger partial charge in [-0.2, -0.15) is 10.4 Å². The van der Waals surface area contributed by atoms with E-state index in [1.54, 1.807) is 0 Å². The molecule has 0 N–H and O–H groups in total. The van der Waals surface area contributed by atoms with Crippen molar-refractivity contribution >= 4 is 11.6 Å². The Labute approximate surface area is 183 Å². The van der Waals surface area contributed by atoms with Gasteiger partial charge in [0.2, 0.25) is 0 Å². The summed E-state index contributed by atoms with van der Waals surface area (Å²) in [6.45, 7) is 7.80. The van der Waals surface area contributed by atoms with Gasteiger partial charge in [0.05, 0.1) is 23.9 Å². The van der Waals surface area contributed by atoms with Crippen LogP contribution >= 0.6 is 0 Å². The lowest BCUT2D eigenvalue weighted by Crippen LogP contribution is -2.35. The number of hydrogen-bond acceptors (Lipinski definition) is 4. The van der Waals surface area contributed by atoms with E-state index in [2.05, 4.69) is 22.1 Å². The van der Waals surface area contributed by atoms with Gasteiger partial charge >= 0.3 is 0 Å². The van der Waals surface area contributed by atoms with E-state index in [1.807, 2.05) is 72.0 Å². The maximum Gasteiger partial charge on any atom is 0.253 e. The zero-order valence-corrected chi connectivity index (χ0v) is 18.1. The Morgan fingerprint density at radius 3 is 2.55 bits per heavy atom. The van der Waals surface area contributed by atoms with Gasteiger partial charge in [0.1, 0.15) is 0 Å². The van der Waals surface area contributed by atoms with Crippen molar-refractivity contribution in [1.29, 1.82) is 5.26 Å². The van der Waals surface area contributed by atoms with Crippen LogP contribution in [0.25, 0.3) is 0 Å². The molecule has 4 rings (SSSR count). The van der Waals surface area contributed by atoms with Gasteiger partial charge in [-0.25, -0.2) is 0 Å². The van der Waals surface area contributed by atoms with Crippen molar-refractivity contribution in [3.8, 4) is 6.07 Å². The van der Waals surface area contributed by atoms with Crippen LogP contribution in [0.15, 0.2) is 54.6 Å². The monoisotopic (exact) mass is 413 g/mol. The first-order chi connectivity index (χ1) is 15.0. The number of carbonyl (C=O) groups excluding carboxylic acids is 1. The topological polar surface area (TPSA) is 65.2 Å². The molecule has 2 heterocycles. The fraction of sp³-hybridized carbons (Fsp3) is 0.320. The minimum Gasteiger partial charge on any atom is -0.370 e. The Hall–Kier alpha value is -3.59. The number of aromatic nitrogens is 2. The lowest BCUT2D eigenvalue weighted by atomic mass is 10.1. The molecule has 1 aliphatic heterocycles. The van der Waals surface area contributed by atoms with Crippen LogP contribution in [-0.2, 0) is 6.54 Å². The zero-order valence-electron chi connectivity index (χ0n) is 18.1. The quantitative estimate of drug-likeness (QED) is 0.653. The summed E-state index contributed by atoms with van der Waals surface area (Å²) in [4.78, 5) is 17.4. The Balaban J connectivity index is 1.43. The highest BCUT2D eigenvalue weighted by molar-refractivity contribution is 5.94. The van der Waals surface area contributed by atoms with Crippen molar-refractivity contribution in [3.63, 3.8) is 0 Å². The fourth-order valence-electron chi connectivity index (χ4n) is 4.12. The van der Waals surface area contributed by atoms with E-state index in [9.17, 15) is 4.79 Å². The smallest absolute Gasteiger partial charge is 0.253 e. The predicted molar refractivity (Wildman–Crippen MR) is 121 cm³/mol. The molecule has 0 unspecified atom stereocenters. The van der Waals surface area contributed by atoms with Crippen LogP contribution in [0.4, 0.5) is 5.69 Å². The minimum atomic E-state index is 0.0805. The number of benzene rings is 2. The maximum atomic E-state index is 13.2. The van der Waals surface area contributed by atoms with E-state index in [0.29, 0.717) is 18.7 Å². The van der Waals surface area contributed by atoms with E-state index >= 15 is 0 Å². The molecular weight excluding hydrogens is 386 g/mol. The fourth-order valence-corrected chi connectivity index (χ4v) is 4.12. The van der Waals surface area contributed by atoms with E-state index in [-0.39, 0.29) is 5.91 Å². The van der Waals surface area contributed by atoms with E-state index in [4.69, 9.17) is 5.26 Å². The summed E-state index contributed by atoms with van der Waals surface area (Å²) in [5.74, 6) is 0.0805. The Bertz CT molecular complexity index is 1110. The summed E-state index contributed by atoms with van der Waals surface area (Å²) in [6, 6.07) is 19.8. The zero-order chi connectivity index (χ0) is 21.8. The van der Waals surface area contributed by atoms with Gasteiger partial charge in [0, 0.05) is 43.1 Å². The summed E-state index contributed by atoms with van der Waals surface area (Å²) >= 11 is 0. The van der Waals surface area contributed by atoms with Gasteiger partial charge in [0.25, 0.3) is 5.91 Å². The van der Waals surface area contributed by atoms with Gasteiger partial charge in [-0.3, -0.25) is 9.48 Å². The molecule has 1 saturated heterocycles. The minimum absolute atomic E-state index is 0.0805. The first-order valence-corrected chi connectivity index (χ1v) is 10.7. The van der Waals surface area contributed by atoms with Crippen LogP contribution in [0, 0.1) is 25.2 Å². The van der Waals surface area contributed by atoms with Gasteiger partial charge in [-0.1, -0.05) is 12.1 Å².